The lowest BCUT2D eigenvalue weighted by molar-refractivity contribution is 0.419. The lowest BCUT2D eigenvalue weighted by atomic mass is 10.1. The monoisotopic (exact) mass is 291 g/mol. The van der Waals surface area contributed by atoms with Gasteiger partial charge in [-0.3, -0.25) is 4.98 Å². The van der Waals surface area contributed by atoms with Gasteiger partial charge in [-0.05, 0) is 24.3 Å². The van der Waals surface area contributed by atoms with Crippen molar-refractivity contribution in [3.63, 3.8) is 0 Å². The van der Waals surface area contributed by atoms with E-state index >= 15 is 0 Å². The van der Waals surface area contributed by atoms with E-state index in [1.54, 1.807) is 26.4 Å². The van der Waals surface area contributed by atoms with Crippen LogP contribution in [0.3, 0.4) is 0 Å². The van der Waals surface area contributed by atoms with Crippen molar-refractivity contribution < 1.29 is 4.74 Å². The highest BCUT2D eigenvalue weighted by atomic mass is 16.5. The van der Waals surface area contributed by atoms with Gasteiger partial charge >= 0.3 is 0 Å². The number of nitriles is 1. The zero-order valence-corrected chi connectivity index (χ0v) is 12.2. The highest BCUT2D eigenvalue weighted by Crippen LogP contribution is 2.33. The van der Waals surface area contributed by atoms with Crippen molar-refractivity contribution in [2.24, 2.45) is 0 Å². The van der Waals surface area contributed by atoms with Crippen molar-refractivity contribution in [1.82, 2.24) is 15.0 Å². The molecule has 2 aromatic heterocycles. The molecule has 0 bridgehead atoms. The molecule has 0 saturated heterocycles. The van der Waals surface area contributed by atoms with Crippen LogP contribution >= 0.6 is 0 Å². The van der Waals surface area contributed by atoms with Crippen molar-refractivity contribution in [1.29, 1.82) is 5.26 Å². The minimum Gasteiger partial charge on any atom is -0.494 e. The third kappa shape index (κ3) is 2.29. The van der Waals surface area contributed by atoms with Gasteiger partial charge in [-0.25, -0.2) is 9.97 Å². The largest absolute Gasteiger partial charge is 0.494 e. The fourth-order valence-electron chi connectivity index (χ4n) is 2.27. The summed E-state index contributed by atoms with van der Waals surface area (Å²) in [5, 5.41) is 12.8. The zero-order valence-electron chi connectivity index (χ0n) is 12.2. The second-order valence-electron chi connectivity index (χ2n) is 4.59. The summed E-state index contributed by atoms with van der Waals surface area (Å²) in [5.74, 6) is 1.37. The molecule has 0 atom stereocenters. The fourth-order valence-corrected chi connectivity index (χ4v) is 2.27. The molecule has 2 heterocycles. The molecule has 22 heavy (non-hydrogen) atoms. The van der Waals surface area contributed by atoms with Crippen molar-refractivity contribution >= 4 is 16.7 Å². The predicted molar refractivity (Wildman–Crippen MR) is 83.6 cm³/mol. The summed E-state index contributed by atoms with van der Waals surface area (Å²) in [6.07, 6.45) is 3.04. The maximum absolute atomic E-state index is 8.86. The Labute approximate surface area is 127 Å². The normalized spacial score (nSPS) is 10.2. The van der Waals surface area contributed by atoms with Crippen LogP contribution in [0.5, 0.6) is 5.75 Å². The average Bonchev–Trinajstić information content (AvgIpc) is 2.60. The second kappa shape index (κ2) is 5.66. The molecule has 6 nitrogen and oxygen atoms in total. The first-order chi connectivity index (χ1) is 10.8. The van der Waals surface area contributed by atoms with E-state index < -0.39 is 0 Å². The average molecular weight is 291 g/mol. The lowest BCUT2D eigenvalue weighted by Crippen LogP contribution is -1.97. The first-order valence-electron chi connectivity index (χ1n) is 6.64. The molecule has 3 aromatic rings. The van der Waals surface area contributed by atoms with Crippen LogP contribution in [0.25, 0.3) is 22.2 Å². The molecule has 0 amide bonds. The third-order valence-corrected chi connectivity index (χ3v) is 3.35. The number of nitrogens with one attached hydrogen (secondary N) is 1. The Balaban J connectivity index is 2.23. The molecule has 0 aliphatic carbocycles. The lowest BCUT2D eigenvalue weighted by Gasteiger charge is -2.10. The van der Waals surface area contributed by atoms with Gasteiger partial charge in [-0.2, -0.15) is 5.26 Å². The molecular weight excluding hydrogens is 278 g/mol. The number of methoxy groups -OCH3 is 1. The molecular formula is C16H13N5O. The van der Waals surface area contributed by atoms with Crippen molar-refractivity contribution in [3.05, 3.63) is 42.4 Å². The minimum atomic E-state index is 0.524. The van der Waals surface area contributed by atoms with Crippen molar-refractivity contribution in [2.45, 2.75) is 0 Å². The zero-order chi connectivity index (χ0) is 15.5. The second-order valence-corrected chi connectivity index (χ2v) is 4.59. The summed E-state index contributed by atoms with van der Waals surface area (Å²) in [6.45, 7) is 0. The minimum absolute atomic E-state index is 0.524. The van der Waals surface area contributed by atoms with Crippen LogP contribution in [0, 0.1) is 11.3 Å². The Hall–Kier alpha value is -3.20. The molecule has 0 unspecified atom stereocenters. The SMILES string of the molecule is CNc1ncnc2c(OC)cc(-c3ccc(C#N)cn3)cc12. The summed E-state index contributed by atoms with van der Waals surface area (Å²) in [5.41, 5.74) is 2.89. The van der Waals surface area contributed by atoms with E-state index in [0.717, 1.165) is 28.0 Å². The molecule has 3 rings (SSSR count). The first-order valence-corrected chi connectivity index (χ1v) is 6.64. The highest BCUT2D eigenvalue weighted by Gasteiger charge is 2.11. The quantitative estimate of drug-likeness (QED) is 0.798. The molecule has 108 valence electrons. The maximum Gasteiger partial charge on any atom is 0.145 e. The summed E-state index contributed by atoms with van der Waals surface area (Å²) in [4.78, 5) is 12.8. The van der Waals surface area contributed by atoms with Gasteiger partial charge in [0.05, 0.1) is 18.4 Å². The molecule has 0 aliphatic heterocycles. The highest BCUT2D eigenvalue weighted by molar-refractivity contribution is 5.96. The van der Waals surface area contributed by atoms with Crippen LogP contribution in [-0.2, 0) is 0 Å². The number of rotatable bonds is 3. The Morgan fingerprint density at radius 2 is 2.05 bits per heavy atom. The van der Waals surface area contributed by atoms with E-state index in [1.165, 1.54) is 6.33 Å². The van der Waals surface area contributed by atoms with E-state index in [0.29, 0.717) is 11.3 Å². The molecule has 0 saturated carbocycles. The number of nitrogens with zero attached hydrogens (tertiary/aromatic N) is 4. The first kappa shape index (κ1) is 13.8. The molecule has 0 spiro atoms. The molecule has 6 heteroatoms. The van der Waals surface area contributed by atoms with E-state index in [4.69, 9.17) is 10.00 Å². The summed E-state index contributed by atoms with van der Waals surface area (Å²) >= 11 is 0. The summed E-state index contributed by atoms with van der Waals surface area (Å²) in [7, 11) is 3.41. The van der Waals surface area contributed by atoms with Crippen LogP contribution in [0.15, 0.2) is 36.8 Å². The number of aromatic nitrogens is 3. The van der Waals surface area contributed by atoms with Crippen LogP contribution in [0.4, 0.5) is 5.82 Å². The van der Waals surface area contributed by atoms with Gasteiger partial charge in [0.25, 0.3) is 0 Å². The standard InChI is InChI=1S/C16H13N5O/c1-18-16-12-5-11(13-4-3-10(7-17)8-19-13)6-14(22-2)15(12)20-9-21-16/h3-6,8-9H,1-2H3,(H,18,20,21). The van der Waals surface area contributed by atoms with Crippen LogP contribution in [-0.4, -0.2) is 29.1 Å². The molecule has 0 aliphatic rings. The Morgan fingerprint density at radius 3 is 2.68 bits per heavy atom. The topological polar surface area (TPSA) is 83.7 Å². The third-order valence-electron chi connectivity index (χ3n) is 3.35. The number of benzene rings is 1. The number of fused-ring (bicyclic) bond motifs is 1. The number of hydrogen-bond donors (Lipinski definition) is 1. The number of pyridine rings is 1. The Bertz CT molecular complexity index is 868. The fraction of sp³-hybridized carbons (Fsp3) is 0.125. The van der Waals surface area contributed by atoms with Gasteiger partial charge < -0.3 is 10.1 Å². The van der Waals surface area contributed by atoms with E-state index in [-0.39, 0.29) is 0 Å². The van der Waals surface area contributed by atoms with Gasteiger partial charge in [0.1, 0.15) is 29.5 Å². The van der Waals surface area contributed by atoms with Gasteiger partial charge in [-0.1, -0.05) is 0 Å². The van der Waals surface area contributed by atoms with E-state index in [1.807, 2.05) is 18.2 Å². The van der Waals surface area contributed by atoms with Crippen molar-refractivity contribution in [2.75, 3.05) is 19.5 Å². The van der Waals surface area contributed by atoms with E-state index in [2.05, 4.69) is 26.3 Å². The van der Waals surface area contributed by atoms with Gasteiger partial charge in [0.15, 0.2) is 0 Å². The van der Waals surface area contributed by atoms with Crippen LogP contribution < -0.4 is 10.1 Å². The Morgan fingerprint density at radius 1 is 1.18 bits per heavy atom. The summed E-state index contributed by atoms with van der Waals surface area (Å²) < 4.78 is 5.44. The van der Waals surface area contributed by atoms with Gasteiger partial charge in [0.2, 0.25) is 0 Å². The number of anilines is 1. The van der Waals surface area contributed by atoms with Gasteiger partial charge in [0, 0.05) is 24.2 Å². The molecule has 0 radical (unpaired) electrons. The van der Waals surface area contributed by atoms with E-state index in [9.17, 15) is 0 Å². The molecule has 1 N–H and O–H groups in total. The predicted octanol–water partition coefficient (Wildman–Crippen LogP) is 2.61. The molecule has 1 aromatic carbocycles. The van der Waals surface area contributed by atoms with Crippen LogP contribution in [0.1, 0.15) is 5.56 Å². The van der Waals surface area contributed by atoms with Gasteiger partial charge in [-0.15, -0.1) is 0 Å². The summed E-state index contributed by atoms with van der Waals surface area (Å²) in [6, 6.07) is 9.44. The number of ether oxygens (including phenoxy) is 1. The number of hydrogen-bond acceptors (Lipinski definition) is 6. The van der Waals surface area contributed by atoms with Crippen LogP contribution in [0.2, 0.25) is 0 Å². The van der Waals surface area contributed by atoms with Crippen molar-refractivity contribution in [3.8, 4) is 23.1 Å². The Kier molecular flexibility index (Phi) is 3.54. The smallest absolute Gasteiger partial charge is 0.145 e. The maximum atomic E-state index is 8.86. The molecule has 0 fully saturated rings.